The molecule has 2 saturated heterocycles. The maximum absolute atomic E-state index is 15.8. The van der Waals surface area contributed by atoms with E-state index in [2.05, 4.69) is 5.10 Å². The summed E-state index contributed by atoms with van der Waals surface area (Å²) < 4.78 is 150. The molecule has 23 nitrogen and oxygen atoms in total. The van der Waals surface area contributed by atoms with Gasteiger partial charge in [0.15, 0.2) is 6.23 Å². The number of benzene rings is 2. The van der Waals surface area contributed by atoms with Gasteiger partial charge in [0.2, 0.25) is 23.4 Å². The highest BCUT2D eigenvalue weighted by Crippen LogP contribution is 2.53. The van der Waals surface area contributed by atoms with Crippen molar-refractivity contribution >= 4 is 27.1 Å². The van der Waals surface area contributed by atoms with Crippen LogP contribution in [0, 0.1) is 42.3 Å². The molecule has 28 heteroatoms. The van der Waals surface area contributed by atoms with Crippen LogP contribution in [0.2, 0.25) is 0 Å². The van der Waals surface area contributed by atoms with Crippen LogP contribution in [0.3, 0.4) is 0 Å². The maximum Gasteiger partial charge on any atom is 0.380 e. The molecule has 0 spiro atoms. The molecule has 0 radical (unpaired) electrons. The number of alkyl halides is 2. The number of hydrogen-bond donors (Lipinski definition) is 4. The van der Waals surface area contributed by atoms with Crippen LogP contribution >= 0.6 is 15.2 Å². The molecule has 2 aromatic carbocycles. The number of H-pyrrole nitrogens is 2. The molecule has 4 aromatic rings. The third-order valence-electron chi connectivity index (χ3n) is 10.4. The summed E-state index contributed by atoms with van der Waals surface area (Å²) in [7, 11) is -9.30. The Balaban J connectivity index is 0.000000291. The molecular formula is C47H54F3N5O18P2. The zero-order valence-electron chi connectivity index (χ0n) is 44.6. The smallest absolute Gasteiger partial charge is 0.380 e. The second kappa shape index (κ2) is 24.8. The van der Waals surface area contributed by atoms with Crippen molar-refractivity contribution in [3.05, 3.63) is 121 Å². The molecule has 75 heavy (non-hydrogen) atoms. The van der Waals surface area contributed by atoms with E-state index in [0.717, 1.165) is 0 Å². The zero-order chi connectivity index (χ0) is 59.2. The number of hydrogen-bond acceptors (Lipinski definition) is 19. The Labute approximate surface area is 431 Å². The van der Waals surface area contributed by atoms with E-state index in [1.54, 1.807) is 68.8 Å². The summed E-state index contributed by atoms with van der Waals surface area (Å²) in [4.78, 5) is 75.4. The number of para-hydroxylation sites is 2. The number of carbonyl (C=O) groups is 2. The SMILES string of the molecule is [2H]C([2H])(O[P@@](=O)(C[C@@H](C)C(=O)OC(C)C)Oc1ccccc1)[C@H]1O[C@@H](n2cc(F)c(=O)[nH]c2=O)C(F)(C#C)[C@H]1O.[2H]C([2H])(O[P@@](=O)(C[C@@H](C)C(=O)OC(C)C)Oc1ccccc1)[C@H]1O[C@@H](n2ncc(=O)[nH]c2=O)C(F)(C#C)[C@H]1O. The molecule has 4 heterocycles. The van der Waals surface area contributed by atoms with Gasteiger partial charge in [-0.3, -0.25) is 42.8 Å². The summed E-state index contributed by atoms with van der Waals surface area (Å²) in [5, 5.41) is 24.9. The summed E-state index contributed by atoms with van der Waals surface area (Å²) in [6.45, 7) is 2.45. The largest absolute Gasteiger partial charge is 0.463 e. The van der Waals surface area contributed by atoms with Crippen molar-refractivity contribution in [2.75, 3.05) is 25.4 Å². The summed E-state index contributed by atoms with van der Waals surface area (Å²) in [6, 6.07) is 14.9. The topological polar surface area (TPSA) is 305 Å². The van der Waals surface area contributed by atoms with Crippen molar-refractivity contribution in [3.8, 4) is 36.2 Å². The number of aliphatic hydroxyl groups is 2. The number of terminal acetylenes is 2. The van der Waals surface area contributed by atoms with Crippen molar-refractivity contribution < 1.29 is 84.6 Å². The molecule has 12 atom stereocenters. The Kier molecular flexibility index (Phi) is 17.6. The number of halogens is 3. The van der Waals surface area contributed by atoms with Crippen LogP contribution in [-0.4, -0.2) is 120 Å². The lowest BCUT2D eigenvalue weighted by Crippen LogP contribution is -2.46. The second-order valence-electron chi connectivity index (χ2n) is 17.1. The van der Waals surface area contributed by atoms with Gasteiger partial charge in [0.05, 0.1) is 61.2 Å². The molecule has 2 aliphatic rings. The first-order valence-corrected chi connectivity index (χ1v) is 25.8. The molecule has 6 rings (SSSR count). The van der Waals surface area contributed by atoms with Crippen molar-refractivity contribution in [1.29, 1.82) is 0 Å². The monoisotopic (exact) mass is 1100 g/mol. The Morgan fingerprint density at radius 1 is 0.760 bits per heavy atom. The molecule has 0 bridgehead atoms. The van der Waals surface area contributed by atoms with Crippen LogP contribution in [0.5, 0.6) is 11.5 Å². The fourth-order valence-corrected chi connectivity index (χ4v) is 10.2. The molecule has 0 aliphatic carbocycles. The fraction of sp³-hybridized carbons (Fsp3) is 0.468. The summed E-state index contributed by atoms with van der Waals surface area (Å²) in [6.07, 6.45) is -5.24. The number of ether oxygens (including phenoxy) is 4. The molecule has 4 N–H and O–H groups in total. The average Bonchev–Trinajstić information content (AvgIpc) is 3.83. The van der Waals surface area contributed by atoms with E-state index < -0.39 is 153 Å². The Morgan fingerprint density at radius 3 is 1.60 bits per heavy atom. The third-order valence-corrected chi connectivity index (χ3v) is 14.1. The van der Waals surface area contributed by atoms with Gasteiger partial charge in [0, 0.05) is 0 Å². The van der Waals surface area contributed by atoms with Gasteiger partial charge in [0.25, 0.3) is 11.1 Å². The van der Waals surface area contributed by atoms with E-state index in [4.69, 9.17) is 55.4 Å². The highest BCUT2D eigenvalue weighted by molar-refractivity contribution is 7.54. The first kappa shape index (κ1) is 53.2. The maximum atomic E-state index is 15.8. The van der Waals surface area contributed by atoms with E-state index in [1.807, 2.05) is 4.98 Å². The van der Waals surface area contributed by atoms with E-state index in [1.165, 1.54) is 50.2 Å². The number of nitrogens with zero attached hydrogens (tertiary/aromatic N) is 3. The molecule has 2 aliphatic heterocycles. The van der Waals surface area contributed by atoms with Gasteiger partial charge in [-0.1, -0.05) is 62.1 Å². The number of aliphatic hydroxyl groups excluding tert-OH is 2. The molecule has 0 amide bonds. The predicted molar refractivity (Wildman–Crippen MR) is 257 cm³/mol. The van der Waals surface area contributed by atoms with Gasteiger partial charge >= 0.3 is 38.5 Å². The van der Waals surface area contributed by atoms with E-state index in [0.29, 0.717) is 6.20 Å². The summed E-state index contributed by atoms with van der Waals surface area (Å²) in [5.41, 5.74) is -11.6. The molecule has 406 valence electrons. The molecule has 2 fully saturated rings. The molecular weight excluding hydrogens is 1040 g/mol. The average molecular weight is 1100 g/mol. The van der Waals surface area contributed by atoms with Gasteiger partial charge in [-0.25, -0.2) is 27.5 Å². The van der Waals surface area contributed by atoms with Crippen molar-refractivity contribution in [1.82, 2.24) is 24.3 Å². The number of aromatic nitrogens is 5. The minimum atomic E-state index is -4.68. The number of carbonyl (C=O) groups excluding carboxylic acids is 2. The Bertz CT molecular complexity index is 3270. The number of nitrogens with one attached hydrogen (secondary N) is 2. The number of rotatable bonds is 20. The lowest BCUT2D eigenvalue weighted by Gasteiger charge is -2.24. The van der Waals surface area contributed by atoms with Crippen LogP contribution < -0.4 is 31.5 Å². The first-order chi connectivity index (χ1) is 36.6. The first-order valence-electron chi connectivity index (χ1n) is 24.3. The Hall–Kier alpha value is -6.60. The quantitative estimate of drug-likeness (QED) is 0.0559. The third kappa shape index (κ3) is 14.6. The van der Waals surface area contributed by atoms with Crippen LogP contribution in [0.4, 0.5) is 13.2 Å². The fourth-order valence-electron chi connectivity index (χ4n) is 6.77. The van der Waals surface area contributed by atoms with Gasteiger partial charge in [-0.05, 0) is 52.0 Å². The zero-order valence-corrected chi connectivity index (χ0v) is 42.4. The van der Waals surface area contributed by atoms with Crippen LogP contribution in [0.15, 0.2) is 92.2 Å². The molecule has 2 aromatic heterocycles. The summed E-state index contributed by atoms with van der Waals surface area (Å²) >= 11 is 0. The Morgan fingerprint density at radius 2 is 1.19 bits per heavy atom. The summed E-state index contributed by atoms with van der Waals surface area (Å²) in [5.74, 6) is -2.14. The van der Waals surface area contributed by atoms with Crippen LogP contribution in [0.25, 0.3) is 0 Å². The minimum absolute atomic E-state index is 0.000666. The van der Waals surface area contributed by atoms with E-state index >= 15 is 8.78 Å². The standard InChI is InChI=1S/C24H27F2N2O9P.C23H27FN3O9P/c1-5-24(26)19(29)18(36-22(24)28-11-17(25)20(30)27-23(28)32)12-34-38(33,37-16-9-7-6-8-10-16)13-15(4)21(31)35-14(2)3;1-5-23(24)19(29)17(35-21(23)27-22(31)26-18(28)11-25-27)12-33-37(32,36-16-9-7-6-8-10-16)13-15(4)20(30)34-14(2)3/h1,6-11,14-15,18-19,22,29H,12-13H2,2-4H3,(H,27,30,32);1,6-11,14-15,17,19,21,29H,12-13H2,2-4H3,(H,26,28,31)/t15-,18-,19+,22-,24?,38+;15-,17-,19+,21-,23?,37+/m11/s1/i2*12D2. The van der Waals surface area contributed by atoms with Gasteiger partial charge in [-0.2, -0.15) is 14.2 Å². The van der Waals surface area contributed by atoms with Crippen molar-refractivity contribution in [2.24, 2.45) is 11.8 Å². The van der Waals surface area contributed by atoms with Gasteiger partial charge < -0.3 is 38.2 Å². The van der Waals surface area contributed by atoms with Crippen LogP contribution in [0.1, 0.15) is 59.5 Å². The van der Waals surface area contributed by atoms with Gasteiger partial charge in [0.1, 0.15) is 42.1 Å². The normalized spacial score (nSPS) is 26.7. The van der Waals surface area contributed by atoms with Crippen molar-refractivity contribution in [3.63, 3.8) is 0 Å². The molecule has 0 saturated carbocycles. The second-order valence-corrected chi connectivity index (χ2v) is 21.1. The lowest BCUT2D eigenvalue weighted by atomic mass is 9.97. The number of esters is 2. The van der Waals surface area contributed by atoms with E-state index in [-0.39, 0.29) is 26.9 Å². The lowest BCUT2D eigenvalue weighted by molar-refractivity contribution is -0.152. The highest BCUT2D eigenvalue weighted by Gasteiger charge is 2.60. The van der Waals surface area contributed by atoms with Crippen molar-refractivity contribution in [2.45, 2.75) is 102 Å². The minimum Gasteiger partial charge on any atom is -0.463 e. The van der Waals surface area contributed by atoms with E-state index in [9.17, 15) is 52.5 Å². The number of aromatic amines is 2. The predicted octanol–water partition coefficient (Wildman–Crippen LogP) is 3.56. The molecule has 2 unspecified atom stereocenters. The highest BCUT2D eigenvalue weighted by atomic mass is 31.2. The van der Waals surface area contributed by atoms with Crippen LogP contribution in [-0.2, 0) is 46.7 Å². The van der Waals surface area contributed by atoms with Gasteiger partial charge in [-0.15, -0.1) is 12.8 Å².